The second kappa shape index (κ2) is 8.65. The Labute approximate surface area is 184 Å². The lowest BCUT2D eigenvalue weighted by Crippen LogP contribution is -2.32. The summed E-state index contributed by atoms with van der Waals surface area (Å²) in [6, 6.07) is 17.8. The Hall–Kier alpha value is -3.58. The van der Waals surface area contributed by atoms with Gasteiger partial charge in [0.15, 0.2) is 0 Å². The highest BCUT2D eigenvalue weighted by Crippen LogP contribution is 2.36. The van der Waals surface area contributed by atoms with E-state index < -0.39 is 5.91 Å². The summed E-state index contributed by atoms with van der Waals surface area (Å²) in [5, 5.41) is 5.02. The molecule has 158 valence electrons. The Bertz CT molecular complexity index is 1120. The zero-order valence-corrected chi connectivity index (χ0v) is 18.2. The van der Waals surface area contributed by atoms with Crippen molar-refractivity contribution in [3.8, 4) is 11.5 Å². The number of nitrogens with zero attached hydrogens (tertiary/aromatic N) is 1. The summed E-state index contributed by atoms with van der Waals surface area (Å²) in [6.07, 6.45) is 0.0355. The van der Waals surface area contributed by atoms with Gasteiger partial charge in [0.2, 0.25) is 0 Å². The smallest absolute Gasteiger partial charge is 0.282 e. The maximum atomic E-state index is 13.3. The molecule has 1 aliphatic rings. The number of hydrogen-bond acceptors (Lipinski definition) is 6. The molecule has 1 N–H and O–H groups in total. The average molecular weight is 435 g/mol. The fraction of sp³-hybridized carbons (Fsp3) is 0.167. The van der Waals surface area contributed by atoms with Crippen molar-refractivity contribution in [2.45, 2.75) is 20.0 Å². The van der Waals surface area contributed by atoms with E-state index in [0.717, 1.165) is 4.88 Å². The van der Waals surface area contributed by atoms with Gasteiger partial charge in [0, 0.05) is 10.6 Å². The number of rotatable bonds is 7. The first-order chi connectivity index (χ1) is 15.0. The molecule has 0 radical (unpaired) electrons. The van der Waals surface area contributed by atoms with Crippen LogP contribution in [0.15, 0.2) is 71.7 Å². The molecule has 0 aliphatic carbocycles. The lowest BCUT2D eigenvalue weighted by molar-refractivity contribution is -0.120. The predicted octanol–water partition coefficient (Wildman–Crippen LogP) is 4.94. The van der Waals surface area contributed by atoms with Crippen LogP contribution in [0.2, 0.25) is 0 Å². The molecule has 0 bridgehead atoms. The van der Waals surface area contributed by atoms with E-state index >= 15 is 0 Å². The molecule has 4 rings (SSSR count). The number of anilines is 2. The van der Waals surface area contributed by atoms with Crippen LogP contribution < -0.4 is 19.7 Å². The number of hydrogen-bond donors (Lipinski definition) is 1. The van der Waals surface area contributed by atoms with Gasteiger partial charge < -0.3 is 14.8 Å². The molecule has 2 amide bonds. The molecule has 3 aromatic rings. The summed E-state index contributed by atoms with van der Waals surface area (Å²) in [5.74, 6) is 0.626. The molecule has 1 aromatic heterocycles. The van der Waals surface area contributed by atoms with Gasteiger partial charge in [0.05, 0.1) is 24.5 Å². The summed E-state index contributed by atoms with van der Waals surface area (Å²) >= 11 is 1.42. The number of ether oxygens (including phenoxy) is 2. The predicted molar refractivity (Wildman–Crippen MR) is 123 cm³/mol. The number of nitrogens with one attached hydrogen (secondary N) is 1. The Balaban J connectivity index is 1.68. The molecule has 0 unspecified atom stereocenters. The molecule has 7 heteroatoms. The number of imide groups is 1. The molecule has 2 aromatic carbocycles. The van der Waals surface area contributed by atoms with Gasteiger partial charge >= 0.3 is 0 Å². The van der Waals surface area contributed by atoms with Crippen LogP contribution in [0.25, 0.3) is 5.57 Å². The first kappa shape index (κ1) is 20.7. The number of thiophene rings is 1. The van der Waals surface area contributed by atoms with Gasteiger partial charge in [-0.05, 0) is 73.8 Å². The molecule has 0 saturated carbocycles. The van der Waals surface area contributed by atoms with Crippen LogP contribution >= 0.6 is 11.3 Å². The molecule has 0 saturated heterocycles. The molecule has 31 heavy (non-hydrogen) atoms. The van der Waals surface area contributed by atoms with E-state index in [0.29, 0.717) is 28.4 Å². The van der Waals surface area contributed by atoms with E-state index in [9.17, 15) is 9.59 Å². The van der Waals surface area contributed by atoms with E-state index in [1.807, 2.05) is 31.4 Å². The summed E-state index contributed by atoms with van der Waals surface area (Å²) in [7, 11) is 1.59. The summed E-state index contributed by atoms with van der Waals surface area (Å²) in [5.41, 5.74) is 1.79. The first-order valence-corrected chi connectivity index (χ1v) is 10.7. The zero-order chi connectivity index (χ0) is 22.0. The van der Waals surface area contributed by atoms with Gasteiger partial charge in [-0.2, -0.15) is 0 Å². The number of amides is 2. The third-order valence-corrected chi connectivity index (χ3v) is 5.56. The molecule has 6 nitrogen and oxygen atoms in total. The highest BCUT2D eigenvalue weighted by atomic mass is 32.1. The second-order valence-electron chi connectivity index (χ2n) is 7.19. The maximum absolute atomic E-state index is 13.3. The van der Waals surface area contributed by atoms with Gasteiger partial charge in [0.1, 0.15) is 17.2 Å². The Morgan fingerprint density at radius 1 is 0.903 bits per heavy atom. The number of methoxy groups -OCH3 is 1. The molecular formula is C24H22N2O4S. The van der Waals surface area contributed by atoms with E-state index in [-0.39, 0.29) is 17.7 Å². The maximum Gasteiger partial charge on any atom is 0.282 e. The van der Waals surface area contributed by atoms with Gasteiger partial charge in [-0.15, -0.1) is 11.3 Å². The highest BCUT2D eigenvalue weighted by molar-refractivity contribution is 7.11. The number of carbonyl (C=O) groups is 2. The fourth-order valence-corrected chi connectivity index (χ4v) is 4.06. The third kappa shape index (κ3) is 4.18. The fourth-order valence-electron chi connectivity index (χ4n) is 3.29. The summed E-state index contributed by atoms with van der Waals surface area (Å²) in [4.78, 5) is 28.6. The molecule has 0 fully saturated rings. The minimum absolute atomic E-state index is 0.0355. The Morgan fingerprint density at radius 3 is 2.16 bits per heavy atom. The molecular weight excluding hydrogens is 412 g/mol. The van der Waals surface area contributed by atoms with Crippen LogP contribution in [-0.4, -0.2) is 25.0 Å². The van der Waals surface area contributed by atoms with Crippen molar-refractivity contribution in [1.29, 1.82) is 0 Å². The van der Waals surface area contributed by atoms with Crippen LogP contribution in [0, 0.1) is 0 Å². The Kier molecular flexibility index (Phi) is 5.77. The van der Waals surface area contributed by atoms with Crippen LogP contribution in [0.3, 0.4) is 0 Å². The van der Waals surface area contributed by atoms with Gasteiger partial charge in [0.25, 0.3) is 11.8 Å². The molecule has 2 heterocycles. The van der Waals surface area contributed by atoms with Crippen LogP contribution in [-0.2, 0) is 9.59 Å². The van der Waals surface area contributed by atoms with Crippen molar-refractivity contribution < 1.29 is 19.1 Å². The highest BCUT2D eigenvalue weighted by Gasteiger charge is 2.40. The van der Waals surface area contributed by atoms with Crippen molar-refractivity contribution in [3.05, 3.63) is 76.6 Å². The van der Waals surface area contributed by atoms with Gasteiger partial charge in [-0.3, -0.25) is 9.59 Å². The minimum Gasteiger partial charge on any atom is -0.497 e. The third-order valence-electron chi connectivity index (χ3n) is 4.68. The van der Waals surface area contributed by atoms with Crippen molar-refractivity contribution in [3.63, 3.8) is 0 Å². The first-order valence-electron chi connectivity index (χ1n) is 9.82. The lowest BCUT2D eigenvalue weighted by Gasteiger charge is -2.16. The summed E-state index contributed by atoms with van der Waals surface area (Å²) < 4.78 is 10.9. The quantitative estimate of drug-likeness (QED) is 0.534. The largest absolute Gasteiger partial charge is 0.497 e. The number of carbonyl (C=O) groups excluding carboxylic acids is 2. The van der Waals surface area contributed by atoms with Gasteiger partial charge in [-0.25, -0.2) is 4.90 Å². The minimum atomic E-state index is -0.401. The van der Waals surface area contributed by atoms with Crippen molar-refractivity contribution in [2.24, 2.45) is 0 Å². The van der Waals surface area contributed by atoms with Crippen molar-refractivity contribution in [2.75, 3.05) is 17.3 Å². The van der Waals surface area contributed by atoms with E-state index in [1.54, 1.807) is 55.6 Å². The van der Waals surface area contributed by atoms with Crippen LogP contribution in [0.5, 0.6) is 11.5 Å². The topological polar surface area (TPSA) is 67.9 Å². The summed E-state index contributed by atoms with van der Waals surface area (Å²) in [6.45, 7) is 3.88. The van der Waals surface area contributed by atoms with Crippen LogP contribution in [0.1, 0.15) is 18.7 Å². The van der Waals surface area contributed by atoms with Crippen molar-refractivity contribution in [1.82, 2.24) is 0 Å². The average Bonchev–Trinajstić information content (AvgIpc) is 3.36. The lowest BCUT2D eigenvalue weighted by atomic mass is 10.2. The van der Waals surface area contributed by atoms with Gasteiger partial charge in [-0.1, -0.05) is 6.07 Å². The molecule has 0 atom stereocenters. The van der Waals surface area contributed by atoms with E-state index in [2.05, 4.69) is 5.32 Å². The Morgan fingerprint density at radius 2 is 1.58 bits per heavy atom. The normalized spacial score (nSPS) is 13.9. The SMILES string of the molecule is COc1ccc(NC2=C(c3cccs3)C(=O)N(c3ccc(OC(C)C)cc3)C2=O)cc1. The van der Waals surface area contributed by atoms with Crippen LogP contribution in [0.4, 0.5) is 11.4 Å². The monoisotopic (exact) mass is 434 g/mol. The zero-order valence-electron chi connectivity index (χ0n) is 17.4. The number of benzene rings is 2. The van der Waals surface area contributed by atoms with E-state index in [4.69, 9.17) is 9.47 Å². The second-order valence-corrected chi connectivity index (χ2v) is 8.13. The molecule has 1 aliphatic heterocycles. The molecule has 0 spiro atoms. The van der Waals surface area contributed by atoms with Crippen molar-refractivity contribution >= 4 is 40.1 Å². The standard InChI is InChI=1S/C24H22N2O4S/c1-15(2)30-19-12-8-17(9-13-19)26-23(27)21(20-5-4-14-31-20)22(24(26)28)25-16-6-10-18(29-3)11-7-16/h4-15,25H,1-3H3. The van der Waals surface area contributed by atoms with E-state index in [1.165, 1.54) is 16.2 Å².